The molecule has 0 radical (unpaired) electrons. The number of terminal acetylenes is 1. The van der Waals surface area contributed by atoms with Crippen molar-refractivity contribution in [3.05, 3.63) is 34.7 Å². The molecule has 0 aliphatic carbocycles. The summed E-state index contributed by atoms with van der Waals surface area (Å²) in [5.41, 5.74) is 1.66. The van der Waals surface area contributed by atoms with Crippen molar-refractivity contribution in [2.24, 2.45) is 0 Å². The average Bonchev–Trinajstić information content (AvgIpc) is 2.74. The third-order valence-corrected chi connectivity index (χ3v) is 3.19. The molecule has 2 rings (SSSR count). The molecule has 0 atom stereocenters. The van der Waals surface area contributed by atoms with Crippen LogP contribution in [0.1, 0.15) is 13.3 Å². The van der Waals surface area contributed by atoms with E-state index in [2.05, 4.69) is 11.2 Å². The maximum Gasteiger partial charge on any atom is 0.329 e. The van der Waals surface area contributed by atoms with Gasteiger partial charge in [0.15, 0.2) is 0 Å². The van der Waals surface area contributed by atoms with E-state index in [1.807, 2.05) is 31.2 Å². The minimum Gasteiger partial charge on any atom is -0.345 e. The molecule has 1 amide bonds. The van der Waals surface area contributed by atoms with Gasteiger partial charge < -0.3 is 5.32 Å². The van der Waals surface area contributed by atoms with Gasteiger partial charge in [0.25, 0.3) is 0 Å². The Kier molecular flexibility index (Phi) is 4.26. The van der Waals surface area contributed by atoms with Crippen LogP contribution in [0.25, 0.3) is 11.0 Å². The van der Waals surface area contributed by atoms with Gasteiger partial charge in [0.1, 0.15) is 0 Å². The summed E-state index contributed by atoms with van der Waals surface area (Å²) in [5, 5.41) is 2.59. The highest BCUT2D eigenvalue weighted by molar-refractivity contribution is 5.78. The molecule has 0 fully saturated rings. The Hall–Kier alpha value is -2.48. The maximum absolute atomic E-state index is 12.3. The van der Waals surface area contributed by atoms with Crippen LogP contribution in [0.5, 0.6) is 0 Å². The molecule has 20 heavy (non-hydrogen) atoms. The predicted octanol–water partition coefficient (Wildman–Crippen LogP) is 0.962. The fourth-order valence-electron chi connectivity index (χ4n) is 2.25. The normalized spacial score (nSPS) is 10.4. The first kappa shape index (κ1) is 13.9. The number of hydrogen-bond donors (Lipinski definition) is 1. The lowest BCUT2D eigenvalue weighted by atomic mass is 10.3. The number of carbonyl (C=O) groups excluding carboxylic acids is 1. The van der Waals surface area contributed by atoms with Gasteiger partial charge in [-0.25, -0.2) is 4.79 Å². The smallest absolute Gasteiger partial charge is 0.329 e. The van der Waals surface area contributed by atoms with Gasteiger partial charge >= 0.3 is 5.69 Å². The number of hydrogen-bond acceptors (Lipinski definition) is 2. The van der Waals surface area contributed by atoms with Crippen LogP contribution in [-0.4, -0.2) is 21.6 Å². The zero-order valence-electron chi connectivity index (χ0n) is 11.4. The van der Waals surface area contributed by atoms with Crippen molar-refractivity contribution >= 4 is 16.9 Å². The lowest BCUT2D eigenvalue weighted by Crippen LogP contribution is -2.28. The Morgan fingerprint density at radius 2 is 1.95 bits per heavy atom. The number of imidazole rings is 1. The van der Waals surface area contributed by atoms with Gasteiger partial charge in [-0.2, -0.15) is 0 Å². The first-order chi connectivity index (χ1) is 9.69. The SMILES string of the molecule is C#CCNC(=O)CCn1c(=O)n(CC)c2ccccc21. The Bertz CT molecular complexity index is 719. The first-order valence-corrected chi connectivity index (χ1v) is 6.57. The Morgan fingerprint density at radius 3 is 2.55 bits per heavy atom. The van der Waals surface area contributed by atoms with Gasteiger partial charge in [-0.05, 0) is 19.1 Å². The van der Waals surface area contributed by atoms with Crippen LogP contribution < -0.4 is 11.0 Å². The van der Waals surface area contributed by atoms with Gasteiger partial charge in [-0.15, -0.1) is 6.42 Å². The van der Waals surface area contributed by atoms with Crippen molar-refractivity contribution in [3.8, 4) is 12.3 Å². The minimum absolute atomic E-state index is 0.0848. The van der Waals surface area contributed by atoms with Gasteiger partial charge in [-0.1, -0.05) is 18.1 Å². The molecule has 0 aliphatic heterocycles. The average molecular weight is 271 g/mol. The van der Waals surface area contributed by atoms with Crippen LogP contribution in [0.4, 0.5) is 0 Å². The molecule has 5 heteroatoms. The fraction of sp³-hybridized carbons (Fsp3) is 0.333. The maximum atomic E-state index is 12.3. The summed E-state index contributed by atoms with van der Waals surface area (Å²) in [7, 11) is 0. The van der Waals surface area contributed by atoms with Gasteiger partial charge in [0.2, 0.25) is 5.91 Å². The number of nitrogens with zero attached hydrogens (tertiary/aromatic N) is 2. The van der Waals surface area contributed by atoms with Gasteiger partial charge in [0.05, 0.1) is 17.6 Å². The summed E-state index contributed by atoms with van der Waals surface area (Å²) >= 11 is 0. The third-order valence-electron chi connectivity index (χ3n) is 3.19. The topological polar surface area (TPSA) is 56.0 Å². The van der Waals surface area contributed by atoms with Crippen molar-refractivity contribution in [2.45, 2.75) is 26.4 Å². The van der Waals surface area contributed by atoms with Crippen LogP contribution in [0.15, 0.2) is 29.1 Å². The summed E-state index contributed by atoms with van der Waals surface area (Å²) in [6.45, 7) is 3.10. The Balaban J connectivity index is 2.27. The zero-order valence-corrected chi connectivity index (χ0v) is 11.4. The molecule has 0 bridgehead atoms. The molecule has 2 aromatic rings. The van der Waals surface area contributed by atoms with Gasteiger partial charge in [0, 0.05) is 19.5 Å². The quantitative estimate of drug-likeness (QED) is 0.824. The zero-order chi connectivity index (χ0) is 14.5. The van der Waals surface area contributed by atoms with E-state index in [1.165, 1.54) is 0 Å². The molecule has 0 saturated carbocycles. The number of aryl methyl sites for hydroxylation is 2. The molecule has 0 aliphatic rings. The molecule has 1 N–H and O–H groups in total. The van der Waals surface area contributed by atoms with E-state index in [9.17, 15) is 9.59 Å². The number of amides is 1. The minimum atomic E-state index is -0.150. The molecule has 104 valence electrons. The fourth-order valence-corrected chi connectivity index (χ4v) is 2.25. The summed E-state index contributed by atoms with van der Waals surface area (Å²) < 4.78 is 3.34. The van der Waals surface area contributed by atoms with E-state index in [4.69, 9.17) is 6.42 Å². The highest BCUT2D eigenvalue weighted by Crippen LogP contribution is 2.12. The van der Waals surface area contributed by atoms with E-state index < -0.39 is 0 Å². The number of benzene rings is 1. The van der Waals surface area contributed by atoms with E-state index in [0.29, 0.717) is 13.1 Å². The Labute approximate surface area is 117 Å². The molecule has 0 spiro atoms. The molecule has 1 aromatic carbocycles. The van der Waals surface area contributed by atoms with Crippen LogP contribution >= 0.6 is 0 Å². The summed E-state index contributed by atoms with van der Waals surface area (Å²) in [6.07, 6.45) is 5.32. The van der Waals surface area contributed by atoms with Crippen LogP contribution in [0.3, 0.4) is 0 Å². The number of aromatic nitrogens is 2. The number of carbonyl (C=O) groups is 1. The van der Waals surface area contributed by atoms with Crippen molar-refractivity contribution < 1.29 is 4.79 Å². The van der Waals surface area contributed by atoms with E-state index in [0.717, 1.165) is 11.0 Å². The van der Waals surface area contributed by atoms with Crippen molar-refractivity contribution in [1.82, 2.24) is 14.5 Å². The molecular formula is C15H17N3O2. The molecular weight excluding hydrogens is 254 g/mol. The molecule has 0 unspecified atom stereocenters. The number of fused-ring (bicyclic) bond motifs is 1. The number of rotatable bonds is 5. The standard InChI is InChI=1S/C15H17N3O2/c1-3-10-16-14(19)9-11-18-13-8-6-5-7-12(13)17(4-2)15(18)20/h1,5-8H,4,9-11H2,2H3,(H,16,19). The highest BCUT2D eigenvalue weighted by Gasteiger charge is 2.12. The Morgan fingerprint density at radius 1 is 1.30 bits per heavy atom. The lowest BCUT2D eigenvalue weighted by Gasteiger charge is -2.03. The largest absolute Gasteiger partial charge is 0.345 e. The second-order valence-corrected chi connectivity index (χ2v) is 4.40. The third kappa shape index (κ3) is 2.59. The van der Waals surface area contributed by atoms with Crippen LogP contribution in [-0.2, 0) is 17.9 Å². The highest BCUT2D eigenvalue weighted by atomic mass is 16.2. The second kappa shape index (κ2) is 6.11. The van der Waals surface area contributed by atoms with Crippen molar-refractivity contribution in [1.29, 1.82) is 0 Å². The van der Waals surface area contributed by atoms with Crippen molar-refractivity contribution in [3.63, 3.8) is 0 Å². The monoisotopic (exact) mass is 271 g/mol. The summed E-state index contributed by atoms with van der Waals surface area (Å²) in [4.78, 5) is 23.9. The number of para-hydroxylation sites is 2. The van der Waals surface area contributed by atoms with E-state index >= 15 is 0 Å². The molecule has 5 nitrogen and oxygen atoms in total. The lowest BCUT2D eigenvalue weighted by molar-refractivity contribution is -0.121. The summed E-state index contributed by atoms with van der Waals surface area (Å²) in [6, 6.07) is 7.59. The van der Waals surface area contributed by atoms with Gasteiger partial charge in [-0.3, -0.25) is 13.9 Å². The van der Waals surface area contributed by atoms with Crippen molar-refractivity contribution in [2.75, 3.05) is 6.54 Å². The van der Waals surface area contributed by atoms with Crippen LogP contribution in [0, 0.1) is 12.3 Å². The number of nitrogens with one attached hydrogen (secondary N) is 1. The molecule has 1 aromatic heterocycles. The van der Waals surface area contributed by atoms with E-state index in [1.54, 1.807) is 9.13 Å². The molecule has 0 saturated heterocycles. The predicted molar refractivity (Wildman–Crippen MR) is 78.3 cm³/mol. The van der Waals surface area contributed by atoms with E-state index in [-0.39, 0.29) is 24.6 Å². The summed E-state index contributed by atoms with van der Waals surface area (Å²) in [5.74, 6) is 2.20. The van der Waals surface area contributed by atoms with Crippen LogP contribution in [0.2, 0.25) is 0 Å². The first-order valence-electron chi connectivity index (χ1n) is 6.57. The molecule has 1 heterocycles. The second-order valence-electron chi connectivity index (χ2n) is 4.40.